The highest BCUT2D eigenvalue weighted by atomic mass is 16.6. The van der Waals surface area contributed by atoms with E-state index >= 15 is 0 Å². The van der Waals surface area contributed by atoms with Gasteiger partial charge in [-0.15, -0.1) is 0 Å². The van der Waals surface area contributed by atoms with Crippen LogP contribution in [0.25, 0.3) is 10.9 Å². The number of methoxy groups -OCH3 is 1. The number of nitrogens with zero attached hydrogens (tertiary/aromatic N) is 2. The summed E-state index contributed by atoms with van der Waals surface area (Å²) >= 11 is 0. The molecule has 0 fully saturated rings. The van der Waals surface area contributed by atoms with Crippen LogP contribution in [0, 0.1) is 0 Å². The second-order valence-corrected chi connectivity index (χ2v) is 5.65. The van der Waals surface area contributed by atoms with Gasteiger partial charge in [0, 0.05) is 23.8 Å². The van der Waals surface area contributed by atoms with E-state index in [1.165, 1.54) is 7.11 Å². The molecule has 0 unspecified atom stereocenters. The van der Waals surface area contributed by atoms with E-state index in [1.54, 1.807) is 18.3 Å². The van der Waals surface area contributed by atoms with E-state index in [2.05, 4.69) is 4.98 Å². The van der Waals surface area contributed by atoms with Crippen LogP contribution in [-0.4, -0.2) is 47.2 Å². The predicted molar refractivity (Wildman–Crippen MR) is 87.5 cm³/mol. The smallest absolute Gasteiger partial charge is 0.479 e. The van der Waals surface area contributed by atoms with Crippen molar-refractivity contribution < 1.29 is 23.9 Å². The van der Waals surface area contributed by atoms with Crippen LogP contribution < -0.4 is 10.3 Å². The van der Waals surface area contributed by atoms with Crippen molar-refractivity contribution in [1.82, 2.24) is 9.55 Å². The number of hydrogen-bond acceptors (Lipinski definition) is 5. The molecular weight excluding hydrogens is 299 g/mol. The van der Waals surface area contributed by atoms with Gasteiger partial charge >= 0.3 is 13.2 Å². The molecule has 23 heavy (non-hydrogen) atoms. The number of carboxylic acid groups (broad SMARTS) is 1. The van der Waals surface area contributed by atoms with Crippen LogP contribution in [0.3, 0.4) is 0 Å². The average molecular weight is 320 g/mol. The lowest BCUT2D eigenvalue weighted by Gasteiger charge is -2.20. The summed E-state index contributed by atoms with van der Waals surface area (Å²) in [6.07, 6.45) is 0.169. The van der Waals surface area contributed by atoms with Gasteiger partial charge in [-0.1, -0.05) is 0 Å². The molecule has 0 aliphatic rings. The molecule has 2 aromatic heterocycles. The largest absolute Gasteiger partial charge is 0.512 e. The van der Waals surface area contributed by atoms with Crippen molar-refractivity contribution in [3.63, 3.8) is 0 Å². The molecule has 2 heterocycles. The summed E-state index contributed by atoms with van der Waals surface area (Å²) in [5.74, 6) is 0.240. The predicted octanol–water partition coefficient (Wildman–Crippen LogP) is 2.12. The molecule has 8 heteroatoms. The lowest BCUT2D eigenvalue weighted by atomic mass is 9.83. The Bertz CT molecular complexity index is 688. The molecule has 0 spiro atoms. The van der Waals surface area contributed by atoms with Crippen LogP contribution in [0.5, 0.6) is 5.88 Å². The molecule has 0 aliphatic heterocycles. The summed E-state index contributed by atoms with van der Waals surface area (Å²) < 4.78 is 17.9. The average Bonchev–Trinajstić information content (AvgIpc) is 2.84. The van der Waals surface area contributed by atoms with E-state index in [1.807, 2.05) is 27.7 Å². The molecule has 0 bridgehead atoms. The molecule has 0 aliphatic carbocycles. The Morgan fingerprint density at radius 1 is 1.26 bits per heavy atom. The zero-order chi connectivity index (χ0) is 17.1. The topological polar surface area (TPSA) is 82.8 Å². The minimum atomic E-state index is -1.15. The van der Waals surface area contributed by atoms with Crippen LogP contribution in [0.2, 0.25) is 0 Å². The van der Waals surface area contributed by atoms with Crippen molar-refractivity contribution in [2.45, 2.75) is 39.9 Å². The molecule has 0 atom stereocenters. The lowest BCUT2D eigenvalue weighted by Crippen LogP contribution is -2.45. The second-order valence-electron chi connectivity index (χ2n) is 5.65. The Hall–Kier alpha value is -2.06. The maximum absolute atomic E-state index is 11.8. The molecule has 124 valence electrons. The van der Waals surface area contributed by atoms with Crippen molar-refractivity contribution in [3.05, 3.63) is 18.3 Å². The number of ether oxygens (including phenoxy) is 1. The summed E-state index contributed by atoms with van der Waals surface area (Å²) in [4.78, 5) is 15.9. The van der Waals surface area contributed by atoms with Gasteiger partial charge in [-0.05, 0) is 39.8 Å². The minimum Gasteiger partial charge on any atom is -0.479 e. The number of aromatic nitrogens is 2. The highest BCUT2D eigenvalue weighted by molar-refractivity contribution is 6.61. The third-order valence-corrected chi connectivity index (χ3v) is 3.12. The Labute approximate surface area is 135 Å². The zero-order valence-electron chi connectivity index (χ0n) is 13.9. The van der Waals surface area contributed by atoms with E-state index in [0.717, 1.165) is 4.57 Å². The van der Waals surface area contributed by atoms with E-state index in [0.29, 0.717) is 16.5 Å². The first-order chi connectivity index (χ1) is 10.8. The van der Waals surface area contributed by atoms with Crippen LogP contribution in [0.1, 0.15) is 27.7 Å². The third kappa shape index (κ3) is 3.65. The van der Waals surface area contributed by atoms with Gasteiger partial charge in [-0.3, -0.25) is 0 Å². The van der Waals surface area contributed by atoms with Crippen LogP contribution in [-0.2, 0) is 9.31 Å². The normalized spacial score (nSPS) is 11.4. The SMILES string of the molecule is COc1nccc2cc(B(OC(C)C)OC(C)C)n(C(=O)O)c12. The highest BCUT2D eigenvalue weighted by Gasteiger charge is 2.32. The van der Waals surface area contributed by atoms with E-state index in [9.17, 15) is 9.90 Å². The molecule has 0 aromatic carbocycles. The van der Waals surface area contributed by atoms with Crippen LogP contribution >= 0.6 is 0 Å². The van der Waals surface area contributed by atoms with Gasteiger partial charge in [0.1, 0.15) is 5.52 Å². The fraction of sp³-hybridized carbons (Fsp3) is 0.467. The van der Waals surface area contributed by atoms with Gasteiger partial charge in [0.2, 0.25) is 5.88 Å². The van der Waals surface area contributed by atoms with Gasteiger partial charge in [0.25, 0.3) is 0 Å². The van der Waals surface area contributed by atoms with Crippen molar-refractivity contribution in [3.8, 4) is 5.88 Å². The number of carbonyl (C=O) groups is 1. The van der Waals surface area contributed by atoms with Crippen molar-refractivity contribution in [2.75, 3.05) is 7.11 Å². The summed E-state index contributed by atoms with van der Waals surface area (Å²) in [5, 5.41) is 10.4. The molecule has 0 radical (unpaired) electrons. The molecule has 1 N–H and O–H groups in total. The van der Waals surface area contributed by atoms with E-state index in [-0.39, 0.29) is 18.1 Å². The molecule has 0 saturated heterocycles. The summed E-state index contributed by atoms with van der Waals surface area (Å²) in [7, 11) is 0.649. The standard InChI is InChI=1S/C15H21BN2O5/c1-9(2)22-16(23-10(3)4)12-8-11-6-7-17-14(21-5)13(11)18(12)15(19)20/h6-10H,1-5H3,(H,19,20). The molecule has 0 amide bonds. The molecule has 0 saturated carbocycles. The second kappa shape index (κ2) is 7.01. The molecule has 2 aromatic rings. The highest BCUT2D eigenvalue weighted by Crippen LogP contribution is 2.23. The Morgan fingerprint density at radius 2 is 1.87 bits per heavy atom. The first-order valence-electron chi connectivity index (χ1n) is 7.43. The molecule has 7 nitrogen and oxygen atoms in total. The fourth-order valence-electron chi connectivity index (χ4n) is 2.34. The maximum Gasteiger partial charge on any atom is 0.512 e. The number of hydrogen-bond donors (Lipinski definition) is 1. The number of rotatable bonds is 6. The van der Waals surface area contributed by atoms with Crippen molar-refractivity contribution >= 4 is 29.7 Å². The first kappa shape index (κ1) is 17.3. The quantitative estimate of drug-likeness (QED) is 0.821. The monoisotopic (exact) mass is 320 g/mol. The van der Waals surface area contributed by atoms with Crippen LogP contribution in [0.15, 0.2) is 18.3 Å². The number of fused-ring (bicyclic) bond motifs is 1. The van der Waals surface area contributed by atoms with E-state index < -0.39 is 13.2 Å². The summed E-state index contributed by atoms with van der Waals surface area (Å²) in [6, 6.07) is 3.45. The Kier molecular flexibility index (Phi) is 5.28. The third-order valence-electron chi connectivity index (χ3n) is 3.12. The van der Waals surface area contributed by atoms with Gasteiger partial charge < -0.3 is 19.2 Å². The van der Waals surface area contributed by atoms with Crippen molar-refractivity contribution in [1.29, 1.82) is 0 Å². The zero-order valence-corrected chi connectivity index (χ0v) is 13.9. The maximum atomic E-state index is 11.8. The van der Waals surface area contributed by atoms with Gasteiger partial charge in [-0.25, -0.2) is 14.3 Å². The molecular formula is C15H21BN2O5. The first-order valence-corrected chi connectivity index (χ1v) is 7.43. The Balaban J connectivity index is 2.66. The van der Waals surface area contributed by atoms with Gasteiger partial charge in [-0.2, -0.15) is 0 Å². The fourth-order valence-corrected chi connectivity index (χ4v) is 2.34. The number of pyridine rings is 1. The van der Waals surface area contributed by atoms with Gasteiger partial charge in [0.05, 0.1) is 12.7 Å². The van der Waals surface area contributed by atoms with E-state index in [4.69, 9.17) is 14.0 Å². The van der Waals surface area contributed by atoms with Gasteiger partial charge in [0.15, 0.2) is 0 Å². The Morgan fingerprint density at radius 3 is 2.35 bits per heavy atom. The summed E-state index contributed by atoms with van der Waals surface area (Å²) in [6.45, 7) is 7.47. The summed E-state index contributed by atoms with van der Waals surface area (Å²) in [5.41, 5.74) is 0.767. The minimum absolute atomic E-state index is 0.126. The van der Waals surface area contributed by atoms with Crippen molar-refractivity contribution in [2.24, 2.45) is 0 Å². The lowest BCUT2D eigenvalue weighted by molar-refractivity contribution is 0.137. The van der Waals surface area contributed by atoms with Crippen LogP contribution in [0.4, 0.5) is 4.79 Å². The molecule has 2 rings (SSSR count).